The van der Waals surface area contributed by atoms with Gasteiger partial charge in [-0.05, 0) is 35.4 Å². The van der Waals surface area contributed by atoms with Gasteiger partial charge in [0.1, 0.15) is 11.4 Å². The molecule has 3 rings (SSSR count). The summed E-state index contributed by atoms with van der Waals surface area (Å²) in [6, 6.07) is 14.0. The first-order valence-corrected chi connectivity index (χ1v) is 11.9. The number of rotatable bonds is 9. The Hall–Kier alpha value is -3.32. The molecule has 0 radical (unpaired) electrons. The van der Waals surface area contributed by atoms with Crippen LogP contribution < -0.4 is 14.8 Å². The van der Waals surface area contributed by atoms with Crippen molar-refractivity contribution in [2.24, 2.45) is 0 Å². The van der Waals surface area contributed by atoms with Crippen molar-refractivity contribution in [2.75, 3.05) is 19.4 Å². The summed E-state index contributed by atoms with van der Waals surface area (Å²) in [5.74, 6) is 0.167. The van der Waals surface area contributed by atoms with Crippen LogP contribution in [0.15, 0.2) is 90.2 Å². The molecule has 7 heteroatoms. The summed E-state index contributed by atoms with van der Waals surface area (Å²) in [5.41, 5.74) is 2.01. The Morgan fingerprint density at radius 1 is 1.19 bits per heavy atom. The number of amides is 1. The van der Waals surface area contributed by atoms with E-state index in [2.05, 4.69) is 11.9 Å². The monoisotopic (exact) mass is 438 g/mol. The fourth-order valence-corrected chi connectivity index (χ4v) is 3.88. The lowest BCUT2D eigenvalue weighted by atomic mass is 10.0. The number of hydrogen-bond acceptors (Lipinski definition) is 5. The highest BCUT2D eigenvalue weighted by atomic mass is 32.2. The van der Waals surface area contributed by atoms with Crippen LogP contribution in [-0.2, 0) is 14.8 Å². The van der Waals surface area contributed by atoms with Crippen molar-refractivity contribution in [1.29, 1.82) is 0 Å². The summed E-state index contributed by atoms with van der Waals surface area (Å²) in [5, 5.41) is 5.19. The second-order valence-corrected chi connectivity index (χ2v) is 8.90. The fourth-order valence-electron chi connectivity index (χ4n) is 3.44. The van der Waals surface area contributed by atoms with Crippen molar-refractivity contribution in [3.05, 3.63) is 90.2 Å². The molecule has 1 aliphatic rings. The zero-order valence-corrected chi connectivity index (χ0v) is 18.2. The third-order valence-electron chi connectivity index (χ3n) is 4.77. The molecule has 1 amide bonds. The van der Waals surface area contributed by atoms with Crippen LogP contribution in [0.1, 0.15) is 12.8 Å². The number of ether oxygens (including phenoxy) is 1. The van der Waals surface area contributed by atoms with Crippen molar-refractivity contribution < 1.29 is 17.9 Å². The molecule has 2 aromatic rings. The van der Waals surface area contributed by atoms with Crippen LogP contribution >= 0.6 is 0 Å². The maximum absolute atomic E-state index is 12.4. The molecular weight excluding hydrogens is 412 g/mol. The zero-order chi connectivity index (χ0) is 22.3. The van der Waals surface area contributed by atoms with Gasteiger partial charge in [0.2, 0.25) is 10.0 Å². The molecule has 0 spiro atoms. The predicted octanol–water partition coefficient (Wildman–Crippen LogP) is 3.60. The first-order chi connectivity index (χ1) is 14.9. The van der Waals surface area contributed by atoms with Gasteiger partial charge in [-0.25, -0.2) is 13.1 Å². The Labute approximate surface area is 183 Å². The third kappa shape index (κ3) is 6.08. The first-order valence-electron chi connectivity index (χ1n) is 9.97. The van der Waals surface area contributed by atoms with Gasteiger partial charge >= 0.3 is 0 Å². The average Bonchev–Trinajstić information content (AvgIpc) is 3.13. The van der Waals surface area contributed by atoms with Crippen molar-refractivity contribution in [3.8, 4) is 5.75 Å². The lowest BCUT2D eigenvalue weighted by molar-refractivity contribution is -0.116. The molecule has 6 nitrogen and oxygen atoms in total. The van der Waals surface area contributed by atoms with E-state index in [1.807, 2.05) is 59.3 Å². The molecule has 0 aliphatic carbocycles. The second-order valence-electron chi connectivity index (χ2n) is 7.15. The highest BCUT2D eigenvalue weighted by Crippen LogP contribution is 2.27. The second kappa shape index (κ2) is 10.1. The molecule has 0 unspecified atom stereocenters. The Morgan fingerprint density at radius 2 is 1.97 bits per heavy atom. The number of carbonyl (C=O) groups is 1. The Bertz CT molecular complexity index is 1170. The normalized spacial score (nSPS) is 15.5. The molecule has 0 atom stereocenters. The predicted molar refractivity (Wildman–Crippen MR) is 124 cm³/mol. The van der Waals surface area contributed by atoms with Crippen molar-refractivity contribution in [3.63, 3.8) is 0 Å². The van der Waals surface area contributed by atoms with E-state index in [1.54, 1.807) is 12.2 Å². The van der Waals surface area contributed by atoms with E-state index in [-0.39, 0.29) is 5.70 Å². The molecule has 0 saturated carbocycles. The molecule has 0 saturated heterocycles. The molecule has 1 aliphatic heterocycles. The number of benzene rings is 2. The summed E-state index contributed by atoms with van der Waals surface area (Å²) in [7, 11) is -3.65. The van der Waals surface area contributed by atoms with E-state index in [9.17, 15) is 13.2 Å². The van der Waals surface area contributed by atoms with E-state index in [4.69, 9.17) is 4.74 Å². The van der Waals surface area contributed by atoms with E-state index >= 15 is 0 Å². The van der Waals surface area contributed by atoms with E-state index in [0.717, 1.165) is 33.9 Å². The van der Waals surface area contributed by atoms with Gasteiger partial charge in [-0.3, -0.25) is 4.79 Å². The van der Waals surface area contributed by atoms with Gasteiger partial charge in [0.25, 0.3) is 5.91 Å². The standard InChI is InChI=1S/C24H26N2O4S/c1-3-4-5-11-19-17-25-23(24(27)26-31(2,28)29)21(19)14-9-16-30-22-15-8-12-18-10-6-7-13-20(18)22/h3-8,10-13,15,25H,1,9,14,16-17H2,2H3,(H,26,27)/b5-4-,19-11+. The summed E-state index contributed by atoms with van der Waals surface area (Å²) in [6.45, 7) is 4.57. The first kappa shape index (κ1) is 22.4. The minimum absolute atomic E-state index is 0.286. The lowest BCUT2D eigenvalue weighted by Gasteiger charge is -2.11. The van der Waals surface area contributed by atoms with Crippen LogP contribution in [0.2, 0.25) is 0 Å². The smallest absolute Gasteiger partial charge is 0.281 e. The Morgan fingerprint density at radius 3 is 2.74 bits per heavy atom. The Kier molecular flexibility index (Phi) is 7.31. The summed E-state index contributed by atoms with van der Waals surface area (Å²) < 4.78 is 31.0. The highest BCUT2D eigenvalue weighted by molar-refractivity contribution is 7.89. The van der Waals surface area contributed by atoms with Gasteiger partial charge in [0, 0.05) is 11.9 Å². The molecular formula is C24H26N2O4S. The summed E-state index contributed by atoms with van der Waals surface area (Å²) in [6.07, 6.45) is 9.39. The molecule has 0 fully saturated rings. The van der Waals surface area contributed by atoms with Crippen LogP contribution in [0.4, 0.5) is 0 Å². The minimum atomic E-state index is -3.65. The molecule has 2 aromatic carbocycles. The maximum Gasteiger partial charge on any atom is 0.281 e. The SMILES string of the molecule is C=C/C=C\C=C1/CNC(C(=O)NS(C)(=O)=O)=C1CCCOc1cccc2ccccc12. The summed E-state index contributed by atoms with van der Waals surface area (Å²) in [4.78, 5) is 12.4. The van der Waals surface area contributed by atoms with Gasteiger partial charge in [-0.2, -0.15) is 0 Å². The zero-order valence-electron chi connectivity index (χ0n) is 17.4. The Balaban J connectivity index is 1.73. The van der Waals surface area contributed by atoms with Crippen LogP contribution in [0, 0.1) is 0 Å². The number of hydrogen-bond donors (Lipinski definition) is 2. The average molecular weight is 439 g/mol. The largest absolute Gasteiger partial charge is 0.493 e. The molecule has 0 bridgehead atoms. The van der Waals surface area contributed by atoms with Gasteiger partial charge in [0.15, 0.2) is 0 Å². The highest BCUT2D eigenvalue weighted by Gasteiger charge is 2.25. The molecule has 0 aromatic heterocycles. The number of carbonyl (C=O) groups excluding carboxylic acids is 1. The molecule has 2 N–H and O–H groups in total. The van der Waals surface area contributed by atoms with Gasteiger partial charge in [-0.15, -0.1) is 0 Å². The van der Waals surface area contributed by atoms with Crippen LogP contribution in [0.3, 0.4) is 0 Å². The van der Waals surface area contributed by atoms with Crippen molar-refractivity contribution in [2.45, 2.75) is 12.8 Å². The van der Waals surface area contributed by atoms with Crippen LogP contribution in [0.5, 0.6) is 5.75 Å². The molecule has 1 heterocycles. The number of nitrogens with one attached hydrogen (secondary N) is 2. The van der Waals surface area contributed by atoms with Crippen LogP contribution in [0.25, 0.3) is 10.8 Å². The fraction of sp³-hybridized carbons (Fsp3) is 0.208. The number of allylic oxidation sites excluding steroid dienone is 4. The van der Waals surface area contributed by atoms with Gasteiger partial charge in [0.05, 0.1) is 12.9 Å². The summed E-state index contributed by atoms with van der Waals surface area (Å²) >= 11 is 0. The van der Waals surface area contributed by atoms with E-state index < -0.39 is 15.9 Å². The molecule has 31 heavy (non-hydrogen) atoms. The van der Waals surface area contributed by atoms with Crippen molar-refractivity contribution in [1.82, 2.24) is 10.0 Å². The van der Waals surface area contributed by atoms with Gasteiger partial charge in [-0.1, -0.05) is 67.3 Å². The van der Waals surface area contributed by atoms with E-state index in [1.165, 1.54) is 0 Å². The third-order valence-corrected chi connectivity index (χ3v) is 5.33. The number of fused-ring (bicyclic) bond motifs is 1. The maximum atomic E-state index is 12.4. The van der Waals surface area contributed by atoms with Crippen LogP contribution in [-0.4, -0.2) is 33.7 Å². The molecule has 162 valence electrons. The lowest BCUT2D eigenvalue weighted by Crippen LogP contribution is -2.34. The topological polar surface area (TPSA) is 84.5 Å². The minimum Gasteiger partial charge on any atom is -0.493 e. The number of sulfonamides is 1. The van der Waals surface area contributed by atoms with Gasteiger partial charge < -0.3 is 10.1 Å². The van der Waals surface area contributed by atoms with E-state index in [0.29, 0.717) is 26.0 Å². The van der Waals surface area contributed by atoms with Crippen molar-refractivity contribution >= 4 is 26.7 Å². The quantitative estimate of drug-likeness (QED) is 0.462.